The van der Waals surface area contributed by atoms with Crippen LogP contribution in [-0.4, -0.2) is 47.8 Å². The lowest BCUT2D eigenvalue weighted by Gasteiger charge is -2.44. The first-order valence-electron chi connectivity index (χ1n) is 8.31. The van der Waals surface area contributed by atoms with Crippen LogP contribution < -0.4 is 5.32 Å². The number of unbranched alkanes of at least 4 members (excludes halogenated alkanes) is 1. The van der Waals surface area contributed by atoms with Gasteiger partial charge in [-0.05, 0) is 58.2 Å². The molecule has 0 aliphatic heterocycles. The third-order valence-corrected chi connectivity index (χ3v) is 4.59. The zero-order chi connectivity index (χ0) is 14.1. The predicted molar refractivity (Wildman–Crippen MR) is 82.5 cm³/mol. The summed E-state index contributed by atoms with van der Waals surface area (Å²) in [6.07, 6.45) is 8.48. The monoisotopic (exact) mass is 270 g/mol. The first-order valence-corrected chi connectivity index (χ1v) is 8.31. The van der Waals surface area contributed by atoms with E-state index >= 15 is 0 Å². The highest BCUT2D eigenvalue weighted by Crippen LogP contribution is 2.31. The Labute approximate surface area is 119 Å². The maximum absolute atomic E-state index is 9.84. The molecule has 0 bridgehead atoms. The van der Waals surface area contributed by atoms with Crippen molar-refractivity contribution in [2.45, 2.75) is 77.3 Å². The molecule has 1 aliphatic rings. The van der Waals surface area contributed by atoms with Crippen LogP contribution in [0.25, 0.3) is 0 Å². The van der Waals surface area contributed by atoms with E-state index in [0.29, 0.717) is 6.04 Å². The van der Waals surface area contributed by atoms with Gasteiger partial charge in [0.2, 0.25) is 0 Å². The second kappa shape index (κ2) is 8.93. The van der Waals surface area contributed by atoms with Crippen LogP contribution >= 0.6 is 0 Å². The fraction of sp³-hybridized carbons (Fsp3) is 1.00. The van der Waals surface area contributed by atoms with Crippen molar-refractivity contribution in [3.8, 4) is 0 Å². The van der Waals surface area contributed by atoms with E-state index in [1.54, 1.807) is 0 Å². The topological polar surface area (TPSA) is 35.5 Å². The van der Waals surface area contributed by atoms with Gasteiger partial charge in [0.1, 0.15) is 0 Å². The number of hydrogen-bond acceptors (Lipinski definition) is 3. The molecule has 0 spiro atoms. The highest BCUT2D eigenvalue weighted by molar-refractivity contribution is 4.96. The number of nitrogens with one attached hydrogen (secondary N) is 1. The van der Waals surface area contributed by atoms with E-state index in [1.807, 2.05) is 0 Å². The van der Waals surface area contributed by atoms with Gasteiger partial charge in [0.05, 0.1) is 6.61 Å². The molecule has 3 heteroatoms. The quantitative estimate of drug-likeness (QED) is 0.676. The molecule has 1 rings (SSSR count). The summed E-state index contributed by atoms with van der Waals surface area (Å²) in [4.78, 5) is 2.63. The molecule has 1 saturated carbocycles. The summed E-state index contributed by atoms with van der Waals surface area (Å²) in [5, 5.41) is 13.5. The SMILES string of the molecule is CCCCN(CC)C1CCCC(CO)(NCCC)C1. The van der Waals surface area contributed by atoms with Crippen LogP contribution in [0.5, 0.6) is 0 Å². The maximum Gasteiger partial charge on any atom is 0.0613 e. The van der Waals surface area contributed by atoms with Crippen LogP contribution in [0, 0.1) is 0 Å². The molecule has 2 atom stereocenters. The van der Waals surface area contributed by atoms with E-state index in [1.165, 1.54) is 32.2 Å². The molecule has 0 aromatic heterocycles. The lowest BCUT2D eigenvalue weighted by Crippen LogP contribution is -2.56. The molecule has 0 aromatic carbocycles. The average molecular weight is 270 g/mol. The molecule has 1 fully saturated rings. The number of aliphatic hydroxyl groups is 1. The van der Waals surface area contributed by atoms with Crippen molar-refractivity contribution in [3.05, 3.63) is 0 Å². The summed E-state index contributed by atoms with van der Waals surface area (Å²) in [5.74, 6) is 0. The van der Waals surface area contributed by atoms with Crippen molar-refractivity contribution in [1.29, 1.82) is 0 Å². The van der Waals surface area contributed by atoms with E-state index in [9.17, 15) is 5.11 Å². The Morgan fingerprint density at radius 2 is 2.05 bits per heavy atom. The molecule has 0 aromatic rings. The third kappa shape index (κ3) is 5.05. The number of nitrogens with zero attached hydrogens (tertiary/aromatic N) is 1. The van der Waals surface area contributed by atoms with Gasteiger partial charge in [0.25, 0.3) is 0 Å². The van der Waals surface area contributed by atoms with Crippen LogP contribution in [0.2, 0.25) is 0 Å². The summed E-state index contributed by atoms with van der Waals surface area (Å²) in [7, 11) is 0. The van der Waals surface area contributed by atoms with E-state index in [2.05, 4.69) is 31.0 Å². The molecule has 2 N–H and O–H groups in total. The average Bonchev–Trinajstić information content (AvgIpc) is 2.46. The molecular weight excluding hydrogens is 236 g/mol. The molecule has 0 heterocycles. The highest BCUT2D eigenvalue weighted by Gasteiger charge is 2.36. The van der Waals surface area contributed by atoms with Crippen molar-refractivity contribution in [1.82, 2.24) is 10.2 Å². The van der Waals surface area contributed by atoms with Crippen molar-refractivity contribution in [3.63, 3.8) is 0 Å². The van der Waals surface area contributed by atoms with Crippen molar-refractivity contribution >= 4 is 0 Å². The predicted octanol–water partition coefficient (Wildman–Crippen LogP) is 2.78. The minimum Gasteiger partial charge on any atom is -0.394 e. The Kier molecular flexibility index (Phi) is 7.96. The second-order valence-electron chi connectivity index (χ2n) is 6.10. The van der Waals surface area contributed by atoms with E-state index < -0.39 is 0 Å². The fourth-order valence-electron chi connectivity index (χ4n) is 3.35. The third-order valence-electron chi connectivity index (χ3n) is 4.59. The second-order valence-corrected chi connectivity index (χ2v) is 6.10. The lowest BCUT2D eigenvalue weighted by atomic mass is 9.78. The maximum atomic E-state index is 9.84. The molecule has 0 radical (unpaired) electrons. The molecule has 2 unspecified atom stereocenters. The van der Waals surface area contributed by atoms with E-state index in [-0.39, 0.29) is 12.1 Å². The fourth-order valence-corrected chi connectivity index (χ4v) is 3.35. The van der Waals surface area contributed by atoms with Gasteiger partial charge in [-0.25, -0.2) is 0 Å². The van der Waals surface area contributed by atoms with E-state index in [4.69, 9.17) is 0 Å². The van der Waals surface area contributed by atoms with Crippen LogP contribution in [0.3, 0.4) is 0 Å². The number of hydrogen-bond donors (Lipinski definition) is 2. The molecule has 1 aliphatic carbocycles. The van der Waals surface area contributed by atoms with Gasteiger partial charge in [0, 0.05) is 11.6 Å². The number of rotatable bonds is 9. The largest absolute Gasteiger partial charge is 0.394 e. The zero-order valence-corrected chi connectivity index (χ0v) is 13.2. The van der Waals surface area contributed by atoms with Gasteiger partial charge < -0.3 is 15.3 Å². The molecule has 0 amide bonds. The Morgan fingerprint density at radius 3 is 2.63 bits per heavy atom. The van der Waals surface area contributed by atoms with Crippen molar-refractivity contribution < 1.29 is 5.11 Å². The first kappa shape index (κ1) is 16.9. The van der Waals surface area contributed by atoms with Crippen LogP contribution in [0.4, 0.5) is 0 Å². The van der Waals surface area contributed by atoms with Gasteiger partial charge >= 0.3 is 0 Å². The smallest absolute Gasteiger partial charge is 0.0613 e. The van der Waals surface area contributed by atoms with Crippen LogP contribution in [0.15, 0.2) is 0 Å². The molecule has 3 nitrogen and oxygen atoms in total. The van der Waals surface area contributed by atoms with Crippen molar-refractivity contribution in [2.24, 2.45) is 0 Å². The standard InChI is InChI=1S/C16H34N2O/c1-4-7-12-18(6-3)15-9-8-10-16(13-15,14-19)17-11-5-2/h15,17,19H,4-14H2,1-3H3. The normalized spacial score (nSPS) is 27.9. The minimum atomic E-state index is -0.0153. The Morgan fingerprint density at radius 1 is 1.26 bits per heavy atom. The summed E-state index contributed by atoms with van der Waals surface area (Å²) in [5.41, 5.74) is -0.0153. The molecular formula is C16H34N2O. The summed E-state index contributed by atoms with van der Waals surface area (Å²) < 4.78 is 0. The van der Waals surface area contributed by atoms with Crippen LogP contribution in [0.1, 0.15) is 65.7 Å². The minimum absolute atomic E-state index is 0.0153. The van der Waals surface area contributed by atoms with E-state index in [0.717, 1.165) is 32.4 Å². The Hall–Kier alpha value is -0.120. The Balaban J connectivity index is 2.59. The Bertz CT molecular complexity index is 235. The first-order chi connectivity index (χ1) is 9.21. The highest BCUT2D eigenvalue weighted by atomic mass is 16.3. The molecule has 0 saturated heterocycles. The van der Waals surface area contributed by atoms with Crippen LogP contribution in [-0.2, 0) is 0 Å². The van der Waals surface area contributed by atoms with Gasteiger partial charge in [0.15, 0.2) is 0 Å². The van der Waals surface area contributed by atoms with Crippen molar-refractivity contribution in [2.75, 3.05) is 26.2 Å². The van der Waals surface area contributed by atoms with Gasteiger partial charge in [-0.3, -0.25) is 0 Å². The van der Waals surface area contributed by atoms with Gasteiger partial charge in [-0.15, -0.1) is 0 Å². The summed E-state index contributed by atoms with van der Waals surface area (Å²) in [6, 6.07) is 0.654. The summed E-state index contributed by atoms with van der Waals surface area (Å²) in [6.45, 7) is 10.4. The molecule has 19 heavy (non-hydrogen) atoms. The zero-order valence-electron chi connectivity index (χ0n) is 13.2. The van der Waals surface area contributed by atoms with Gasteiger partial charge in [-0.2, -0.15) is 0 Å². The number of aliphatic hydroxyl groups excluding tert-OH is 1. The van der Waals surface area contributed by atoms with Gasteiger partial charge in [-0.1, -0.05) is 27.2 Å². The lowest BCUT2D eigenvalue weighted by molar-refractivity contribution is 0.0608. The molecule has 114 valence electrons. The summed E-state index contributed by atoms with van der Waals surface area (Å²) >= 11 is 0.